The highest BCUT2D eigenvalue weighted by Crippen LogP contribution is 2.36. The Bertz CT molecular complexity index is 1350. The second-order valence-electron chi connectivity index (χ2n) is 7.09. The molecule has 186 valence electrons. The van der Waals surface area contributed by atoms with Crippen molar-refractivity contribution in [3.05, 3.63) is 69.1 Å². The predicted molar refractivity (Wildman–Crippen MR) is 124 cm³/mol. The Hall–Kier alpha value is -3.36. The average molecular weight is 529 g/mol. The van der Waals surface area contributed by atoms with Crippen molar-refractivity contribution in [2.24, 2.45) is 0 Å². The van der Waals surface area contributed by atoms with Crippen LogP contribution in [0, 0.1) is 10.1 Å². The summed E-state index contributed by atoms with van der Waals surface area (Å²) in [5.41, 5.74) is -2.14. The second kappa shape index (κ2) is 10.1. The highest BCUT2D eigenvalue weighted by atomic mass is 32.2. The quantitative estimate of drug-likeness (QED) is 0.324. The first-order chi connectivity index (χ1) is 16.4. The molecule has 0 saturated carbocycles. The maximum atomic E-state index is 13.2. The van der Waals surface area contributed by atoms with E-state index in [4.69, 9.17) is 0 Å². The minimum Gasteiger partial charge on any atom is -0.298 e. The van der Waals surface area contributed by atoms with Gasteiger partial charge in [0.25, 0.3) is 11.6 Å². The van der Waals surface area contributed by atoms with Crippen molar-refractivity contribution >= 4 is 38.1 Å². The summed E-state index contributed by atoms with van der Waals surface area (Å²) in [6.07, 6.45) is -5.02. The number of benzene rings is 2. The van der Waals surface area contributed by atoms with Crippen LogP contribution in [-0.4, -0.2) is 41.6 Å². The number of hydrogen-bond donors (Lipinski definition) is 1. The fourth-order valence-corrected chi connectivity index (χ4v) is 5.38. The minimum absolute atomic E-state index is 0.0803. The Labute approximate surface area is 202 Å². The molecule has 2 aromatic carbocycles. The SMILES string of the molecule is CCN(CC)S(=O)(=O)c1ccc(-c2csc(NC(=O)c3ccc([N+](=O)[O-])c(C(F)(F)F)c3)n2)cc1. The number of nitro benzene ring substituents is 1. The fourth-order valence-electron chi connectivity index (χ4n) is 3.21. The molecule has 0 spiro atoms. The first kappa shape index (κ1) is 26.2. The summed E-state index contributed by atoms with van der Waals surface area (Å²) >= 11 is 1.01. The third kappa shape index (κ3) is 5.66. The normalized spacial score (nSPS) is 12.1. The first-order valence-electron chi connectivity index (χ1n) is 10.1. The standard InChI is InChI=1S/C21H19F3N4O5S2/c1-3-27(4-2)35(32,33)15-8-5-13(6-9-15)17-12-34-20(25-17)26-19(29)14-7-10-18(28(30)31)16(11-14)21(22,23)24/h5-12H,3-4H2,1-2H3,(H,25,26,29). The molecule has 0 fully saturated rings. The van der Waals surface area contributed by atoms with Gasteiger partial charge in [0.05, 0.1) is 15.5 Å². The van der Waals surface area contributed by atoms with Crippen LogP contribution in [0.1, 0.15) is 29.8 Å². The van der Waals surface area contributed by atoms with E-state index >= 15 is 0 Å². The summed E-state index contributed by atoms with van der Waals surface area (Å²) in [6, 6.07) is 7.96. The minimum atomic E-state index is -5.02. The number of hydrogen-bond acceptors (Lipinski definition) is 7. The highest BCUT2D eigenvalue weighted by Gasteiger charge is 2.38. The van der Waals surface area contributed by atoms with Crippen LogP contribution in [0.3, 0.4) is 0 Å². The van der Waals surface area contributed by atoms with Gasteiger partial charge in [-0.15, -0.1) is 11.3 Å². The van der Waals surface area contributed by atoms with Crippen molar-refractivity contribution < 1.29 is 31.3 Å². The summed E-state index contributed by atoms with van der Waals surface area (Å²) in [5, 5.41) is 14.9. The van der Waals surface area contributed by atoms with Crippen LogP contribution in [0.5, 0.6) is 0 Å². The van der Waals surface area contributed by atoms with Crippen LogP contribution in [-0.2, 0) is 16.2 Å². The number of rotatable bonds is 8. The van der Waals surface area contributed by atoms with Gasteiger partial charge in [-0.3, -0.25) is 20.2 Å². The second-order valence-corrected chi connectivity index (χ2v) is 9.89. The molecule has 0 aliphatic rings. The Morgan fingerprint density at radius 1 is 1.14 bits per heavy atom. The van der Waals surface area contributed by atoms with Gasteiger partial charge in [0, 0.05) is 35.7 Å². The van der Waals surface area contributed by atoms with E-state index in [1.54, 1.807) is 31.4 Å². The van der Waals surface area contributed by atoms with Crippen molar-refractivity contribution in [3.63, 3.8) is 0 Å². The molecular weight excluding hydrogens is 509 g/mol. The summed E-state index contributed by atoms with van der Waals surface area (Å²) in [5.74, 6) is -0.924. The van der Waals surface area contributed by atoms with Gasteiger partial charge in [-0.2, -0.15) is 17.5 Å². The van der Waals surface area contributed by atoms with Gasteiger partial charge < -0.3 is 0 Å². The summed E-state index contributed by atoms with van der Waals surface area (Å²) in [4.78, 5) is 26.5. The van der Waals surface area contributed by atoms with E-state index in [-0.39, 0.29) is 10.0 Å². The number of carbonyl (C=O) groups excluding carboxylic acids is 1. The summed E-state index contributed by atoms with van der Waals surface area (Å²) in [7, 11) is -3.63. The van der Waals surface area contributed by atoms with E-state index in [2.05, 4.69) is 10.3 Å². The number of aromatic nitrogens is 1. The van der Waals surface area contributed by atoms with Crippen LogP contribution in [0.25, 0.3) is 11.3 Å². The van der Waals surface area contributed by atoms with Crippen molar-refractivity contribution in [2.75, 3.05) is 18.4 Å². The number of carbonyl (C=O) groups is 1. The van der Waals surface area contributed by atoms with Gasteiger partial charge in [-0.1, -0.05) is 26.0 Å². The summed E-state index contributed by atoms with van der Waals surface area (Å²) < 4.78 is 66.0. The van der Waals surface area contributed by atoms with E-state index in [0.29, 0.717) is 36.5 Å². The molecule has 0 saturated heterocycles. The molecule has 1 heterocycles. The molecule has 0 atom stereocenters. The number of alkyl halides is 3. The van der Waals surface area contributed by atoms with E-state index < -0.39 is 43.8 Å². The topological polar surface area (TPSA) is 123 Å². The molecular formula is C21H19F3N4O5S2. The molecule has 1 N–H and O–H groups in total. The fraction of sp³-hybridized carbons (Fsp3) is 0.238. The van der Waals surface area contributed by atoms with E-state index in [0.717, 1.165) is 17.4 Å². The number of anilines is 1. The molecule has 35 heavy (non-hydrogen) atoms. The Kier molecular flexibility index (Phi) is 7.57. The van der Waals surface area contributed by atoms with Gasteiger partial charge in [-0.05, 0) is 24.3 Å². The molecule has 14 heteroatoms. The number of thiazole rings is 1. The lowest BCUT2D eigenvalue weighted by atomic mass is 10.1. The predicted octanol–water partition coefficient (Wildman–Crippen LogP) is 5.02. The van der Waals surface area contributed by atoms with Crippen LogP contribution in [0.2, 0.25) is 0 Å². The molecule has 0 aliphatic carbocycles. The van der Waals surface area contributed by atoms with Crippen molar-refractivity contribution in [2.45, 2.75) is 24.9 Å². The molecule has 0 radical (unpaired) electrons. The average Bonchev–Trinajstić information content (AvgIpc) is 3.27. The molecule has 3 aromatic rings. The molecule has 0 bridgehead atoms. The Morgan fingerprint density at radius 3 is 2.31 bits per heavy atom. The van der Waals surface area contributed by atoms with E-state index in [1.807, 2.05) is 0 Å². The van der Waals surface area contributed by atoms with E-state index in [1.165, 1.54) is 16.4 Å². The van der Waals surface area contributed by atoms with E-state index in [9.17, 15) is 36.5 Å². The summed E-state index contributed by atoms with van der Waals surface area (Å²) in [6.45, 7) is 4.13. The Balaban J connectivity index is 1.80. The van der Waals surface area contributed by atoms with Crippen molar-refractivity contribution in [3.8, 4) is 11.3 Å². The molecule has 1 aromatic heterocycles. The lowest BCUT2D eigenvalue weighted by molar-refractivity contribution is -0.388. The van der Waals surface area contributed by atoms with Gasteiger partial charge in [0.2, 0.25) is 10.0 Å². The number of nitrogens with zero attached hydrogens (tertiary/aromatic N) is 3. The molecule has 0 aliphatic heterocycles. The maximum absolute atomic E-state index is 13.2. The van der Waals surface area contributed by atoms with Gasteiger partial charge >= 0.3 is 6.18 Å². The first-order valence-corrected chi connectivity index (χ1v) is 12.4. The van der Waals surface area contributed by atoms with Crippen molar-refractivity contribution in [1.82, 2.24) is 9.29 Å². The third-order valence-electron chi connectivity index (χ3n) is 4.98. The van der Waals surface area contributed by atoms with Gasteiger partial charge in [0.1, 0.15) is 5.56 Å². The molecule has 3 rings (SSSR count). The van der Waals surface area contributed by atoms with Crippen LogP contribution in [0.15, 0.2) is 52.7 Å². The molecule has 0 unspecified atom stereocenters. The smallest absolute Gasteiger partial charge is 0.298 e. The zero-order valence-electron chi connectivity index (χ0n) is 18.4. The van der Waals surface area contributed by atoms with Crippen LogP contribution in [0.4, 0.5) is 24.0 Å². The Morgan fingerprint density at radius 2 is 1.77 bits per heavy atom. The molecule has 1 amide bonds. The lowest BCUT2D eigenvalue weighted by Crippen LogP contribution is -2.30. The number of nitro groups is 1. The number of amides is 1. The number of halogens is 3. The zero-order chi connectivity index (χ0) is 26.0. The van der Waals surface area contributed by atoms with Crippen molar-refractivity contribution in [1.29, 1.82) is 0 Å². The largest absolute Gasteiger partial charge is 0.423 e. The van der Waals surface area contributed by atoms with Crippen LogP contribution < -0.4 is 5.32 Å². The number of nitrogens with one attached hydrogen (secondary N) is 1. The molecule has 9 nitrogen and oxygen atoms in total. The maximum Gasteiger partial charge on any atom is 0.423 e. The highest BCUT2D eigenvalue weighted by molar-refractivity contribution is 7.89. The monoisotopic (exact) mass is 528 g/mol. The lowest BCUT2D eigenvalue weighted by Gasteiger charge is -2.18. The van der Waals surface area contributed by atoms with Crippen LogP contribution >= 0.6 is 11.3 Å². The third-order valence-corrected chi connectivity index (χ3v) is 7.80. The van der Waals surface area contributed by atoms with Gasteiger partial charge in [0.15, 0.2) is 5.13 Å². The number of sulfonamides is 1. The van der Waals surface area contributed by atoms with Gasteiger partial charge in [-0.25, -0.2) is 13.4 Å². The zero-order valence-corrected chi connectivity index (χ0v) is 20.0.